The van der Waals surface area contributed by atoms with E-state index >= 15 is 0 Å². The first kappa shape index (κ1) is 18.6. The minimum absolute atomic E-state index is 0.208. The molecule has 1 amide bonds. The Kier molecular flexibility index (Phi) is 6.37. The number of rotatable bonds is 2. The number of nitrogens with zero attached hydrogens (tertiary/aromatic N) is 1. The zero-order chi connectivity index (χ0) is 17.0. The smallest absolute Gasteiger partial charge is 0.410 e. The highest BCUT2D eigenvalue weighted by Gasteiger charge is 2.25. The minimum atomic E-state index is -0.444. The number of nitrogens with one attached hydrogen (secondary N) is 1. The van der Waals surface area contributed by atoms with E-state index in [1.54, 1.807) is 0 Å². The summed E-state index contributed by atoms with van der Waals surface area (Å²) in [5, 5.41) is 3.59. The summed E-state index contributed by atoms with van der Waals surface area (Å²) < 4.78 is 7.56. The van der Waals surface area contributed by atoms with Crippen molar-refractivity contribution in [2.45, 2.75) is 51.7 Å². The van der Waals surface area contributed by atoms with E-state index in [0.717, 1.165) is 40.4 Å². The Morgan fingerprint density at radius 3 is 2.48 bits per heavy atom. The normalized spacial score (nSPS) is 19.2. The Bertz CT molecular complexity index is 538. The Morgan fingerprint density at radius 2 is 1.87 bits per heavy atom. The fourth-order valence-corrected chi connectivity index (χ4v) is 3.82. The van der Waals surface area contributed by atoms with Gasteiger partial charge in [0.15, 0.2) is 0 Å². The maximum absolute atomic E-state index is 12.2. The van der Waals surface area contributed by atoms with Gasteiger partial charge in [0.1, 0.15) is 5.60 Å². The lowest BCUT2D eigenvalue weighted by Gasteiger charge is -2.26. The van der Waals surface area contributed by atoms with E-state index in [1.807, 2.05) is 43.9 Å². The number of benzene rings is 1. The molecule has 1 aromatic carbocycles. The molecule has 1 atom stereocenters. The van der Waals surface area contributed by atoms with E-state index < -0.39 is 5.60 Å². The number of hydrogen-bond acceptors (Lipinski definition) is 3. The number of likely N-dealkylation sites (tertiary alicyclic amines) is 1. The molecule has 0 aromatic heterocycles. The average molecular weight is 448 g/mol. The molecule has 1 fully saturated rings. The van der Waals surface area contributed by atoms with Gasteiger partial charge < -0.3 is 15.0 Å². The van der Waals surface area contributed by atoms with Crippen LogP contribution in [0.3, 0.4) is 0 Å². The van der Waals surface area contributed by atoms with Gasteiger partial charge >= 0.3 is 6.09 Å². The predicted octanol–water partition coefficient (Wildman–Crippen LogP) is 5.41. The van der Waals surface area contributed by atoms with Gasteiger partial charge in [0.05, 0.1) is 5.69 Å². The van der Waals surface area contributed by atoms with Gasteiger partial charge in [-0.1, -0.05) is 6.07 Å². The molecule has 1 heterocycles. The molecule has 0 aliphatic carbocycles. The number of anilines is 1. The van der Waals surface area contributed by atoms with Crippen LogP contribution in [-0.2, 0) is 4.74 Å². The maximum Gasteiger partial charge on any atom is 0.410 e. The summed E-state index contributed by atoms with van der Waals surface area (Å²) in [6, 6.07) is 6.39. The molecule has 2 rings (SSSR count). The van der Waals surface area contributed by atoms with Crippen LogP contribution in [0.1, 0.15) is 40.0 Å². The van der Waals surface area contributed by atoms with E-state index in [-0.39, 0.29) is 6.09 Å². The lowest BCUT2D eigenvalue weighted by Crippen LogP contribution is -2.37. The predicted molar refractivity (Wildman–Crippen MR) is 101 cm³/mol. The highest BCUT2D eigenvalue weighted by molar-refractivity contribution is 9.11. The topological polar surface area (TPSA) is 41.6 Å². The van der Waals surface area contributed by atoms with Crippen LogP contribution in [0.15, 0.2) is 27.1 Å². The van der Waals surface area contributed by atoms with Gasteiger partial charge in [0.25, 0.3) is 0 Å². The summed E-state index contributed by atoms with van der Waals surface area (Å²) >= 11 is 7.17. The fourth-order valence-electron chi connectivity index (χ4n) is 2.59. The van der Waals surface area contributed by atoms with E-state index in [9.17, 15) is 4.79 Å². The van der Waals surface area contributed by atoms with Crippen molar-refractivity contribution in [3.8, 4) is 0 Å². The molecule has 4 nitrogen and oxygen atoms in total. The van der Waals surface area contributed by atoms with Gasteiger partial charge in [0, 0.05) is 28.1 Å². The van der Waals surface area contributed by atoms with Gasteiger partial charge in [-0.3, -0.25) is 0 Å². The lowest BCUT2D eigenvalue weighted by atomic mass is 10.1. The van der Waals surface area contributed by atoms with Crippen molar-refractivity contribution in [2.75, 3.05) is 18.4 Å². The van der Waals surface area contributed by atoms with Crippen molar-refractivity contribution in [3.63, 3.8) is 0 Å². The zero-order valence-electron chi connectivity index (χ0n) is 13.9. The number of carbonyl (C=O) groups is 1. The highest BCUT2D eigenvalue weighted by atomic mass is 79.9. The minimum Gasteiger partial charge on any atom is -0.444 e. The molecule has 0 spiro atoms. The molecular formula is C17H24Br2N2O2. The monoisotopic (exact) mass is 446 g/mol. The van der Waals surface area contributed by atoms with E-state index in [1.165, 1.54) is 0 Å². The standard InChI is InChI=1S/C17H24Br2N2O2/c1-17(2,3)23-16(22)21-10-5-6-12(9-11-21)20-15-13(18)7-4-8-14(15)19/h4,7-8,12,20H,5-6,9-11H2,1-3H3. The van der Waals surface area contributed by atoms with Crippen molar-refractivity contribution >= 4 is 43.6 Å². The Morgan fingerprint density at radius 1 is 1.22 bits per heavy atom. The second kappa shape index (κ2) is 7.88. The third kappa shape index (κ3) is 5.68. The summed E-state index contributed by atoms with van der Waals surface area (Å²) in [6.07, 6.45) is 2.71. The van der Waals surface area contributed by atoms with Crippen molar-refractivity contribution in [2.24, 2.45) is 0 Å². The first-order chi connectivity index (χ1) is 10.8. The van der Waals surface area contributed by atoms with Crippen LogP contribution < -0.4 is 5.32 Å². The quantitative estimate of drug-likeness (QED) is 0.658. The van der Waals surface area contributed by atoms with Crippen LogP contribution in [0.2, 0.25) is 0 Å². The van der Waals surface area contributed by atoms with Crippen molar-refractivity contribution in [1.29, 1.82) is 0 Å². The molecular weight excluding hydrogens is 424 g/mol. The molecule has 23 heavy (non-hydrogen) atoms. The fraction of sp³-hybridized carbons (Fsp3) is 0.588. The van der Waals surface area contributed by atoms with Crippen LogP contribution in [0.5, 0.6) is 0 Å². The molecule has 1 aliphatic rings. The van der Waals surface area contributed by atoms with E-state index in [4.69, 9.17) is 4.74 Å². The van der Waals surface area contributed by atoms with Crippen LogP contribution in [0.25, 0.3) is 0 Å². The molecule has 1 aliphatic heterocycles. The summed E-state index contributed by atoms with van der Waals surface area (Å²) in [7, 11) is 0. The zero-order valence-corrected chi connectivity index (χ0v) is 17.0. The first-order valence-electron chi connectivity index (χ1n) is 7.95. The van der Waals surface area contributed by atoms with Crippen LogP contribution in [0, 0.1) is 0 Å². The molecule has 1 aromatic rings. The second-order valence-electron chi connectivity index (χ2n) is 6.84. The number of carbonyl (C=O) groups excluding carboxylic acids is 1. The first-order valence-corrected chi connectivity index (χ1v) is 9.53. The summed E-state index contributed by atoms with van der Waals surface area (Å²) in [5.74, 6) is 0. The Hall–Kier alpha value is -0.750. The summed E-state index contributed by atoms with van der Waals surface area (Å²) in [6.45, 7) is 7.17. The van der Waals surface area contributed by atoms with Gasteiger partial charge in [0.2, 0.25) is 0 Å². The molecule has 6 heteroatoms. The van der Waals surface area contributed by atoms with E-state index in [2.05, 4.69) is 37.2 Å². The summed E-state index contributed by atoms with van der Waals surface area (Å²) in [5.41, 5.74) is 0.629. The number of amides is 1. The molecule has 1 saturated heterocycles. The average Bonchev–Trinajstić information content (AvgIpc) is 2.67. The molecule has 0 bridgehead atoms. The maximum atomic E-state index is 12.2. The van der Waals surface area contributed by atoms with Gasteiger partial charge in [-0.05, 0) is 84.0 Å². The molecule has 128 valence electrons. The van der Waals surface area contributed by atoms with Crippen molar-refractivity contribution in [3.05, 3.63) is 27.1 Å². The lowest BCUT2D eigenvalue weighted by molar-refractivity contribution is 0.0256. The third-order valence-corrected chi connectivity index (χ3v) is 5.01. The third-order valence-electron chi connectivity index (χ3n) is 3.69. The number of halogens is 2. The van der Waals surface area contributed by atoms with Crippen LogP contribution >= 0.6 is 31.9 Å². The van der Waals surface area contributed by atoms with Crippen LogP contribution in [0.4, 0.5) is 10.5 Å². The number of ether oxygens (including phenoxy) is 1. The number of hydrogen-bond donors (Lipinski definition) is 1. The molecule has 0 saturated carbocycles. The van der Waals surface area contributed by atoms with Crippen molar-refractivity contribution < 1.29 is 9.53 Å². The van der Waals surface area contributed by atoms with Gasteiger partial charge in [-0.2, -0.15) is 0 Å². The van der Waals surface area contributed by atoms with Gasteiger partial charge in [-0.15, -0.1) is 0 Å². The molecule has 1 unspecified atom stereocenters. The molecule has 1 N–H and O–H groups in total. The Labute approximate surface area is 155 Å². The highest BCUT2D eigenvalue weighted by Crippen LogP contribution is 2.32. The SMILES string of the molecule is CC(C)(C)OC(=O)N1CCCC(Nc2c(Br)cccc2Br)CC1. The molecule has 0 radical (unpaired) electrons. The Balaban J connectivity index is 1.95. The summed E-state index contributed by atoms with van der Waals surface area (Å²) in [4.78, 5) is 14.0. The second-order valence-corrected chi connectivity index (χ2v) is 8.54. The van der Waals surface area contributed by atoms with Crippen LogP contribution in [-0.4, -0.2) is 35.7 Å². The van der Waals surface area contributed by atoms with Gasteiger partial charge in [-0.25, -0.2) is 4.79 Å². The largest absolute Gasteiger partial charge is 0.444 e. The number of para-hydroxylation sites is 1. The van der Waals surface area contributed by atoms with E-state index in [0.29, 0.717) is 12.6 Å². The van der Waals surface area contributed by atoms with Crippen molar-refractivity contribution in [1.82, 2.24) is 4.90 Å².